The Balaban J connectivity index is 2.27. The molecule has 0 aliphatic rings. The highest BCUT2D eigenvalue weighted by molar-refractivity contribution is 7.10. The molecule has 2 heterocycles. The molecule has 2 rings (SSSR count). The summed E-state index contributed by atoms with van der Waals surface area (Å²) in [6.45, 7) is 0. The average Bonchev–Trinajstić information content (AvgIpc) is 2.77. The summed E-state index contributed by atoms with van der Waals surface area (Å²) in [4.78, 5) is 1.14. The maximum atomic E-state index is 6.15. The molecule has 1 unspecified atom stereocenters. The molecule has 2 aromatic heterocycles. The standard InChI is InChI=1S/C8H7ClN2S/c9-8(6-3-4-10-11-6)7-2-1-5-12-7/h1-5,8H,(H,10,11). The van der Waals surface area contributed by atoms with E-state index < -0.39 is 0 Å². The maximum Gasteiger partial charge on any atom is 0.109 e. The molecule has 0 saturated heterocycles. The first-order chi connectivity index (χ1) is 5.88. The van der Waals surface area contributed by atoms with Crippen LogP contribution in [0, 0.1) is 0 Å². The van der Waals surface area contributed by atoms with E-state index in [-0.39, 0.29) is 5.38 Å². The van der Waals surface area contributed by atoms with Crippen molar-refractivity contribution in [1.82, 2.24) is 10.2 Å². The molecule has 1 atom stereocenters. The number of nitrogens with zero attached hydrogens (tertiary/aromatic N) is 1. The summed E-state index contributed by atoms with van der Waals surface area (Å²) in [5.41, 5.74) is 0.944. The minimum Gasteiger partial charge on any atom is -0.281 e. The third-order valence-corrected chi connectivity index (χ3v) is 3.13. The monoisotopic (exact) mass is 198 g/mol. The van der Waals surface area contributed by atoms with Gasteiger partial charge in [0.05, 0.1) is 5.69 Å². The molecule has 0 spiro atoms. The topological polar surface area (TPSA) is 28.7 Å². The van der Waals surface area contributed by atoms with Gasteiger partial charge in [0.25, 0.3) is 0 Å². The van der Waals surface area contributed by atoms with Crippen molar-refractivity contribution in [1.29, 1.82) is 0 Å². The normalized spacial score (nSPS) is 13.1. The van der Waals surface area contributed by atoms with Gasteiger partial charge in [-0.05, 0) is 17.5 Å². The number of hydrogen-bond acceptors (Lipinski definition) is 2. The Morgan fingerprint density at radius 3 is 3.00 bits per heavy atom. The molecule has 1 N–H and O–H groups in total. The number of nitrogens with one attached hydrogen (secondary N) is 1. The molecule has 0 amide bonds. The summed E-state index contributed by atoms with van der Waals surface area (Å²) in [6, 6.07) is 5.90. The molecule has 2 nitrogen and oxygen atoms in total. The second-order valence-electron chi connectivity index (χ2n) is 2.39. The van der Waals surface area contributed by atoms with Gasteiger partial charge >= 0.3 is 0 Å². The summed E-state index contributed by atoms with van der Waals surface area (Å²) < 4.78 is 0. The van der Waals surface area contributed by atoms with E-state index in [1.807, 2.05) is 23.6 Å². The average molecular weight is 199 g/mol. The fraction of sp³-hybridized carbons (Fsp3) is 0.125. The zero-order valence-electron chi connectivity index (χ0n) is 6.20. The van der Waals surface area contributed by atoms with Crippen molar-refractivity contribution < 1.29 is 0 Å². The van der Waals surface area contributed by atoms with Crippen LogP contribution in [0.2, 0.25) is 0 Å². The van der Waals surface area contributed by atoms with Gasteiger partial charge in [0, 0.05) is 11.1 Å². The van der Waals surface area contributed by atoms with Crippen molar-refractivity contribution in [2.24, 2.45) is 0 Å². The van der Waals surface area contributed by atoms with E-state index in [9.17, 15) is 0 Å². The molecule has 0 aliphatic carbocycles. The molecular weight excluding hydrogens is 192 g/mol. The summed E-state index contributed by atoms with van der Waals surface area (Å²) in [5.74, 6) is 0. The molecule has 4 heteroatoms. The predicted molar refractivity (Wildman–Crippen MR) is 50.6 cm³/mol. The van der Waals surface area contributed by atoms with E-state index in [0.29, 0.717) is 0 Å². The van der Waals surface area contributed by atoms with E-state index in [1.165, 1.54) is 0 Å². The number of aromatic nitrogens is 2. The highest BCUT2D eigenvalue weighted by Gasteiger charge is 2.11. The summed E-state index contributed by atoms with van der Waals surface area (Å²) in [5, 5.41) is 8.62. The number of rotatable bonds is 2. The number of alkyl halides is 1. The van der Waals surface area contributed by atoms with Gasteiger partial charge in [0.1, 0.15) is 5.38 Å². The zero-order valence-corrected chi connectivity index (χ0v) is 7.77. The zero-order chi connectivity index (χ0) is 8.39. The highest BCUT2D eigenvalue weighted by Crippen LogP contribution is 2.29. The number of hydrogen-bond donors (Lipinski definition) is 1. The van der Waals surface area contributed by atoms with Crippen molar-refractivity contribution in [2.45, 2.75) is 5.38 Å². The quantitative estimate of drug-likeness (QED) is 0.739. The van der Waals surface area contributed by atoms with Crippen LogP contribution >= 0.6 is 22.9 Å². The predicted octanol–water partition coefficient (Wildman–Crippen LogP) is 2.80. The smallest absolute Gasteiger partial charge is 0.109 e. The van der Waals surface area contributed by atoms with Gasteiger partial charge in [0.15, 0.2) is 0 Å². The maximum absolute atomic E-state index is 6.15. The third-order valence-electron chi connectivity index (χ3n) is 1.59. The fourth-order valence-electron chi connectivity index (χ4n) is 0.997. The molecule has 0 radical (unpaired) electrons. The lowest BCUT2D eigenvalue weighted by atomic mass is 10.2. The van der Waals surface area contributed by atoms with E-state index >= 15 is 0 Å². The molecule has 62 valence electrons. The first-order valence-electron chi connectivity index (χ1n) is 3.54. The van der Waals surface area contributed by atoms with Crippen LogP contribution in [0.4, 0.5) is 0 Å². The molecule has 0 aliphatic heterocycles. The largest absolute Gasteiger partial charge is 0.281 e. The van der Waals surface area contributed by atoms with Crippen molar-refractivity contribution in [3.05, 3.63) is 40.3 Å². The van der Waals surface area contributed by atoms with Crippen LogP contribution in [0.5, 0.6) is 0 Å². The van der Waals surface area contributed by atoms with Crippen LogP contribution < -0.4 is 0 Å². The molecule has 0 bridgehead atoms. The molecule has 0 fully saturated rings. The first-order valence-corrected chi connectivity index (χ1v) is 4.86. The Labute approximate surface area is 79.2 Å². The van der Waals surface area contributed by atoms with Crippen LogP contribution in [0.3, 0.4) is 0 Å². The van der Waals surface area contributed by atoms with Crippen LogP contribution in [-0.4, -0.2) is 10.2 Å². The lowest BCUT2D eigenvalue weighted by molar-refractivity contribution is 0.988. The number of aromatic amines is 1. The molecule has 2 aromatic rings. The first kappa shape index (κ1) is 7.83. The molecule has 0 aromatic carbocycles. The lowest BCUT2D eigenvalue weighted by Crippen LogP contribution is -1.89. The second-order valence-corrected chi connectivity index (χ2v) is 3.81. The van der Waals surface area contributed by atoms with Gasteiger partial charge in [-0.25, -0.2) is 0 Å². The van der Waals surface area contributed by atoms with Gasteiger partial charge < -0.3 is 0 Å². The Kier molecular flexibility index (Phi) is 2.15. The van der Waals surface area contributed by atoms with Gasteiger partial charge in [0.2, 0.25) is 0 Å². The molecule has 0 saturated carbocycles. The van der Waals surface area contributed by atoms with Gasteiger partial charge in [-0.3, -0.25) is 5.10 Å². The van der Waals surface area contributed by atoms with Crippen LogP contribution in [-0.2, 0) is 0 Å². The van der Waals surface area contributed by atoms with E-state index in [0.717, 1.165) is 10.6 Å². The van der Waals surface area contributed by atoms with Crippen LogP contribution in [0.15, 0.2) is 29.8 Å². The Morgan fingerprint density at radius 2 is 2.42 bits per heavy atom. The summed E-state index contributed by atoms with van der Waals surface area (Å²) in [7, 11) is 0. The van der Waals surface area contributed by atoms with Crippen LogP contribution in [0.1, 0.15) is 15.9 Å². The minimum atomic E-state index is -0.0903. The number of H-pyrrole nitrogens is 1. The number of thiophene rings is 1. The molecular formula is C8H7ClN2S. The SMILES string of the molecule is ClC(c1ccn[nH]1)c1cccs1. The summed E-state index contributed by atoms with van der Waals surface area (Å²) >= 11 is 7.80. The van der Waals surface area contributed by atoms with Gasteiger partial charge in [-0.1, -0.05) is 6.07 Å². The summed E-state index contributed by atoms with van der Waals surface area (Å²) in [6.07, 6.45) is 1.71. The van der Waals surface area contributed by atoms with Crippen molar-refractivity contribution in [3.63, 3.8) is 0 Å². The Morgan fingerprint density at radius 1 is 1.50 bits per heavy atom. The van der Waals surface area contributed by atoms with E-state index in [2.05, 4.69) is 10.2 Å². The third kappa shape index (κ3) is 1.38. The minimum absolute atomic E-state index is 0.0903. The lowest BCUT2D eigenvalue weighted by Gasteiger charge is -2.02. The highest BCUT2D eigenvalue weighted by atomic mass is 35.5. The van der Waals surface area contributed by atoms with E-state index in [1.54, 1.807) is 17.5 Å². The van der Waals surface area contributed by atoms with Crippen molar-refractivity contribution >= 4 is 22.9 Å². The van der Waals surface area contributed by atoms with Gasteiger partial charge in [-0.2, -0.15) is 5.10 Å². The second kappa shape index (κ2) is 3.29. The van der Waals surface area contributed by atoms with Gasteiger partial charge in [-0.15, -0.1) is 22.9 Å². The Hall–Kier alpha value is -0.800. The fourth-order valence-corrected chi connectivity index (χ4v) is 2.06. The van der Waals surface area contributed by atoms with Crippen LogP contribution in [0.25, 0.3) is 0 Å². The van der Waals surface area contributed by atoms with Crippen molar-refractivity contribution in [2.75, 3.05) is 0 Å². The Bertz CT molecular complexity index is 294. The molecule has 12 heavy (non-hydrogen) atoms. The van der Waals surface area contributed by atoms with Crippen molar-refractivity contribution in [3.8, 4) is 0 Å². The van der Waals surface area contributed by atoms with E-state index in [4.69, 9.17) is 11.6 Å². The number of halogens is 1.